The Hall–Kier alpha value is -2.59. The lowest BCUT2D eigenvalue weighted by Crippen LogP contribution is -2.57. The van der Waals surface area contributed by atoms with Gasteiger partial charge in [0.2, 0.25) is 5.91 Å². The molecule has 0 fully saturated rings. The van der Waals surface area contributed by atoms with Crippen LogP contribution in [0.4, 0.5) is 13.2 Å². The number of amidine groups is 1. The Kier molecular flexibility index (Phi) is 7.45. The highest BCUT2D eigenvalue weighted by molar-refractivity contribution is 6.31. The van der Waals surface area contributed by atoms with Crippen molar-refractivity contribution in [1.82, 2.24) is 25.1 Å². The lowest BCUT2D eigenvalue weighted by molar-refractivity contribution is -0.142. The van der Waals surface area contributed by atoms with Crippen LogP contribution in [-0.2, 0) is 4.79 Å². The van der Waals surface area contributed by atoms with Crippen molar-refractivity contribution in [3.8, 4) is 0 Å². The summed E-state index contributed by atoms with van der Waals surface area (Å²) in [4.78, 5) is 28.4. The Bertz CT molecular complexity index is 1020. The first-order valence-electron chi connectivity index (χ1n) is 10.4. The van der Waals surface area contributed by atoms with Gasteiger partial charge in [-0.15, -0.1) is 0 Å². The van der Waals surface area contributed by atoms with Crippen LogP contribution in [0, 0.1) is 0 Å². The fraction of sp³-hybridized carbons (Fsp3) is 0.476. The maximum atomic E-state index is 12.7. The summed E-state index contributed by atoms with van der Waals surface area (Å²) in [5.74, 6) is -0.00770. The van der Waals surface area contributed by atoms with E-state index in [1.807, 2.05) is 35.2 Å². The number of rotatable bonds is 8. The number of alkyl halides is 3. The monoisotopic (exact) mass is 470 g/mol. The van der Waals surface area contributed by atoms with E-state index in [0.717, 1.165) is 17.4 Å². The van der Waals surface area contributed by atoms with Crippen LogP contribution in [0.15, 0.2) is 35.7 Å². The second-order valence-electron chi connectivity index (χ2n) is 7.57. The topological polar surface area (TPSA) is 76.6 Å². The van der Waals surface area contributed by atoms with Gasteiger partial charge in [-0.3, -0.25) is 9.69 Å². The molecule has 0 aliphatic carbocycles. The summed E-state index contributed by atoms with van der Waals surface area (Å²) < 4.78 is 37.9. The lowest BCUT2D eigenvalue weighted by Gasteiger charge is -2.42. The van der Waals surface area contributed by atoms with Crippen LogP contribution in [0.3, 0.4) is 0 Å². The van der Waals surface area contributed by atoms with Gasteiger partial charge in [0.15, 0.2) is 0 Å². The van der Waals surface area contributed by atoms with Gasteiger partial charge in [0, 0.05) is 43.1 Å². The van der Waals surface area contributed by atoms with Crippen LogP contribution in [0.5, 0.6) is 0 Å². The summed E-state index contributed by atoms with van der Waals surface area (Å²) in [5.41, 5.74) is 1.45. The molecule has 7 nitrogen and oxygen atoms in total. The third-order valence-electron chi connectivity index (χ3n) is 5.30. The number of H-pyrrole nitrogens is 1. The number of carbonyl (C=O) groups is 1. The summed E-state index contributed by atoms with van der Waals surface area (Å²) in [5, 5.41) is 3.32. The van der Waals surface area contributed by atoms with Gasteiger partial charge >= 0.3 is 6.18 Å². The molecule has 2 N–H and O–H groups in total. The van der Waals surface area contributed by atoms with Crippen molar-refractivity contribution >= 4 is 34.4 Å². The Morgan fingerprint density at radius 3 is 2.81 bits per heavy atom. The molecule has 1 aliphatic heterocycles. The first kappa shape index (κ1) is 24.1. The quantitative estimate of drug-likeness (QED) is 0.613. The number of nitrogens with one attached hydrogen (secondary N) is 2. The molecule has 2 aromatic rings. The standard InChI is InChI=1S/C21H26ClF3N6O/c1-4-8-31(16(5-2)20(32)29-12-21(23,24)25)17-6-7-26-19(30(17)3)15-11-28-18-14(15)9-13(22)10-27-18/h6-7,9-11,16-17H,4-5,8,12H2,1-3H3,(H,27,28)(H,29,32). The van der Waals surface area contributed by atoms with Gasteiger partial charge in [0.25, 0.3) is 0 Å². The van der Waals surface area contributed by atoms with E-state index in [0.29, 0.717) is 29.5 Å². The molecule has 174 valence electrons. The molecule has 0 saturated carbocycles. The van der Waals surface area contributed by atoms with Crippen molar-refractivity contribution in [3.05, 3.63) is 41.3 Å². The Labute approximate surface area is 189 Å². The molecule has 3 rings (SSSR count). The van der Waals surface area contributed by atoms with Crippen molar-refractivity contribution in [3.63, 3.8) is 0 Å². The summed E-state index contributed by atoms with van der Waals surface area (Å²) in [6, 6.07) is 1.07. The molecule has 1 aliphatic rings. The number of aromatic amines is 1. The van der Waals surface area contributed by atoms with Gasteiger partial charge in [0.05, 0.1) is 11.1 Å². The second-order valence-corrected chi connectivity index (χ2v) is 8.00. The normalized spacial score (nSPS) is 17.7. The molecule has 0 aromatic carbocycles. The summed E-state index contributed by atoms with van der Waals surface area (Å²) in [6.45, 7) is 2.91. The maximum Gasteiger partial charge on any atom is 0.405 e. The number of aromatic nitrogens is 2. The third kappa shape index (κ3) is 5.24. The highest BCUT2D eigenvalue weighted by Gasteiger charge is 2.35. The van der Waals surface area contributed by atoms with E-state index in [9.17, 15) is 18.0 Å². The van der Waals surface area contributed by atoms with Crippen molar-refractivity contribution in [2.24, 2.45) is 4.99 Å². The Morgan fingerprint density at radius 1 is 1.41 bits per heavy atom. The number of halogens is 4. The van der Waals surface area contributed by atoms with Gasteiger partial charge in [-0.25, -0.2) is 9.98 Å². The minimum atomic E-state index is -4.46. The number of hydrogen-bond donors (Lipinski definition) is 2. The molecule has 0 spiro atoms. The van der Waals surface area contributed by atoms with Crippen molar-refractivity contribution < 1.29 is 18.0 Å². The van der Waals surface area contributed by atoms with E-state index in [1.54, 1.807) is 31.6 Å². The van der Waals surface area contributed by atoms with Crippen LogP contribution < -0.4 is 5.32 Å². The molecule has 0 saturated heterocycles. The number of amides is 1. The summed E-state index contributed by atoms with van der Waals surface area (Å²) >= 11 is 6.12. The summed E-state index contributed by atoms with van der Waals surface area (Å²) in [7, 11) is 1.84. The number of carbonyl (C=O) groups excluding carboxylic acids is 1. The first-order valence-corrected chi connectivity index (χ1v) is 10.7. The SMILES string of the molecule is CCCN(C(CC)C(=O)NCC(F)(F)F)C1C=CN=C(c2c[nH]c3ncc(Cl)cc23)N1C. The van der Waals surface area contributed by atoms with Gasteiger partial charge in [-0.05, 0) is 25.0 Å². The molecule has 2 unspecified atom stereocenters. The number of fused-ring (bicyclic) bond motifs is 1. The van der Waals surface area contributed by atoms with Gasteiger partial charge in [-0.1, -0.05) is 25.4 Å². The minimum Gasteiger partial charge on any atom is -0.346 e. The number of nitrogens with zero attached hydrogens (tertiary/aromatic N) is 4. The molecular weight excluding hydrogens is 445 g/mol. The van der Waals surface area contributed by atoms with Gasteiger partial charge < -0.3 is 15.2 Å². The third-order valence-corrected chi connectivity index (χ3v) is 5.51. The zero-order chi connectivity index (χ0) is 23.5. The molecule has 3 heterocycles. The number of likely N-dealkylation sites (N-methyl/N-ethyl adjacent to an activating group) is 1. The van der Waals surface area contributed by atoms with Crippen molar-refractivity contribution in [1.29, 1.82) is 0 Å². The zero-order valence-electron chi connectivity index (χ0n) is 18.1. The van der Waals surface area contributed by atoms with E-state index in [2.05, 4.69) is 15.0 Å². The fourth-order valence-electron chi connectivity index (χ4n) is 3.90. The predicted octanol–water partition coefficient (Wildman–Crippen LogP) is 3.92. The number of hydrogen-bond acceptors (Lipinski definition) is 5. The minimum absolute atomic E-state index is 0.362. The van der Waals surface area contributed by atoms with E-state index in [4.69, 9.17) is 11.6 Å². The van der Waals surface area contributed by atoms with Crippen LogP contribution in [0.2, 0.25) is 5.02 Å². The van der Waals surface area contributed by atoms with E-state index >= 15 is 0 Å². The number of aliphatic imine (C=N–C) groups is 1. The predicted molar refractivity (Wildman–Crippen MR) is 118 cm³/mol. The molecule has 1 amide bonds. The van der Waals surface area contributed by atoms with Crippen LogP contribution in [0.25, 0.3) is 11.0 Å². The average molecular weight is 471 g/mol. The molecule has 2 aromatic heterocycles. The second kappa shape index (κ2) is 9.91. The molecule has 0 bridgehead atoms. The molecular formula is C21H26ClF3N6O. The number of pyridine rings is 1. The largest absolute Gasteiger partial charge is 0.405 e. The Morgan fingerprint density at radius 2 is 2.16 bits per heavy atom. The van der Waals surface area contributed by atoms with E-state index < -0.39 is 24.7 Å². The van der Waals surface area contributed by atoms with Gasteiger partial charge in [0.1, 0.15) is 24.2 Å². The average Bonchev–Trinajstić information content (AvgIpc) is 3.15. The fourth-order valence-corrected chi connectivity index (χ4v) is 4.06. The van der Waals surface area contributed by atoms with E-state index in [1.165, 1.54) is 0 Å². The lowest BCUT2D eigenvalue weighted by atomic mass is 10.1. The van der Waals surface area contributed by atoms with Crippen molar-refractivity contribution in [2.75, 3.05) is 20.1 Å². The summed E-state index contributed by atoms with van der Waals surface area (Å²) in [6.07, 6.45) is 3.07. The highest BCUT2D eigenvalue weighted by Crippen LogP contribution is 2.26. The molecule has 2 atom stereocenters. The molecule has 0 radical (unpaired) electrons. The highest BCUT2D eigenvalue weighted by atomic mass is 35.5. The molecule has 11 heteroatoms. The molecule has 32 heavy (non-hydrogen) atoms. The van der Waals surface area contributed by atoms with E-state index in [-0.39, 0.29) is 6.17 Å². The smallest absolute Gasteiger partial charge is 0.346 e. The van der Waals surface area contributed by atoms with Crippen LogP contribution in [0.1, 0.15) is 32.3 Å². The Balaban J connectivity index is 1.88. The van der Waals surface area contributed by atoms with Crippen LogP contribution in [-0.4, -0.2) is 70.0 Å². The maximum absolute atomic E-state index is 12.7. The van der Waals surface area contributed by atoms with Crippen LogP contribution >= 0.6 is 11.6 Å². The first-order chi connectivity index (χ1) is 15.2. The van der Waals surface area contributed by atoms with Crippen molar-refractivity contribution in [2.45, 2.75) is 45.1 Å². The zero-order valence-corrected chi connectivity index (χ0v) is 18.8. The van der Waals surface area contributed by atoms with Gasteiger partial charge in [-0.2, -0.15) is 13.2 Å².